The monoisotopic (exact) mass is 298 g/mol. The van der Waals surface area contributed by atoms with Gasteiger partial charge in [-0.05, 0) is 26.2 Å². The smallest absolute Gasteiger partial charge is 0.421 e. The first-order valence-corrected chi connectivity index (χ1v) is 9.28. The van der Waals surface area contributed by atoms with Crippen molar-refractivity contribution in [3.8, 4) is 11.6 Å². The molecule has 0 aromatic heterocycles. The number of hydrogen-bond acceptors (Lipinski definition) is 3. The van der Waals surface area contributed by atoms with Crippen LogP contribution in [-0.2, 0) is 13.6 Å². The van der Waals surface area contributed by atoms with Crippen molar-refractivity contribution in [1.29, 1.82) is 0 Å². The molecule has 1 saturated carbocycles. The fourth-order valence-electron chi connectivity index (χ4n) is 2.32. The molecule has 0 aromatic carbocycles. The van der Waals surface area contributed by atoms with E-state index >= 15 is 0 Å². The van der Waals surface area contributed by atoms with E-state index in [4.69, 9.17) is 9.05 Å². The Balaban J connectivity index is 2.61. The maximum absolute atomic E-state index is 12.6. The van der Waals surface area contributed by atoms with Crippen LogP contribution in [0.2, 0.25) is 0 Å². The predicted molar refractivity (Wildman–Crippen MR) is 83.3 cm³/mol. The van der Waals surface area contributed by atoms with Crippen LogP contribution in [-0.4, -0.2) is 6.61 Å². The summed E-state index contributed by atoms with van der Waals surface area (Å²) >= 11 is 0. The molecule has 0 N–H and O–H groups in total. The Kier molecular flexibility index (Phi) is 8.04. The molecular weight excluding hydrogens is 271 g/mol. The maximum atomic E-state index is 12.6. The van der Waals surface area contributed by atoms with Crippen molar-refractivity contribution in [3.05, 3.63) is 12.3 Å². The summed E-state index contributed by atoms with van der Waals surface area (Å²) in [6.45, 7) is 8.18. The molecule has 0 aromatic rings. The van der Waals surface area contributed by atoms with Gasteiger partial charge in [0.1, 0.15) is 5.76 Å². The molecule has 1 fully saturated rings. The first-order chi connectivity index (χ1) is 9.61. The lowest BCUT2D eigenvalue weighted by atomic mass is 9.88. The van der Waals surface area contributed by atoms with Crippen molar-refractivity contribution < 1.29 is 13.6 Å². The second kappa shape index (κ2) is 9.27. The molecule has 1 rings (SSSR count). The zero-order valence-electron chi connectivity index (χ0n) is 12.8. The van der Waals surface area contributed by atoms with Gasteiger partial charge in [0.05, 0.1) is 6.61 Å². The molecule has 1 aliphatic rings. The molecule has 20 heavy (non-hydrogen) atoms. The highest BCUT2D eigenvalue weighted by Crippen LogP contribution is 2.51. The summed E-state index contributed by atoms with van der Waals surface area (Å²) in [5, 5.41) is 0. The van der Waals surface area contributed by atoms with Gasteiger partial charge < -0.3 is 4.52 Å². The molecule has 0 amide bonds. The molecule has 0 spiro atoms. The molecule has 0 heterocycles. The van der Waals surface area contributed by atoms with Gasteiger partial charge in [-0.3, -0.25) is 4.52 Å². The Bertz CT molecular complexity index is 400. The standard InChI is InChI=1S/C16H27O3P/c1-4-6-7-11-14-20(17,18-5-2)19-15(3)16-12-9-8-10-13-16/h16H,3-10,12-13H2,1-2H3. The van der Waals surface area contributed by atoms with Crippen LogP contribution in [0.5, 0.6) is 0 Å². The number of unbranched alkanes of at least 4 members (excludes halogenated alkanes) is 2. The van der Waals surface area contributed by atoms with Crippen molar-refractivity contribution in [2.45, 2.75) is 65.2 Å². The molecular formula is C16H27O3P. The minimum atomic E-state index is -3.34. The molecule has 0 radical (unpaired) electrons. The van der Waals surface area contributed by atoms with Crippen molar-refractivity contribution >= 4 is 7.60 Å². The van der Waals surface area contributed by atoms with E-state index in [0.717, 1.165) is 32.1 Å². The van der Waals surface area contributed by atoms with Crippen LogP contribution < -0.4 is 0 Å². The van der Waals surface area contributed by atoms with Gasteiger partial charge in [-0.25, -0.2) is 4.57 Å². The van der Waals surface area contributed by atoms with Crippen LogP contribution in [0.1, 0.15) is 65.2 Å². The molecule has 0 saturated heterocycles. The minimum absolute atomic E-state index is 0.301. The molecule has 0 bridgehead atoms. The Labute approximate surface area is 123 Å². The summed E-state index contributed by atoms with van der Waals surface area (Å²) in [5.41, 5.74) is 2.70. The fourth-order valence-corrected chi connectivity index (χ4v) is 3.59. The van der Waals surface area contributed by atoms with Gasteiger partial charge in [-0.2, -0.15) is 0 Å². The molecule has 3 nitrogen and oxygen atoms in total. The zero-order chi connectivity index (χ0) is 14.8. The van der Waals surface area contributed by atoms with Crippen molar-refractivity contribution in [2.24, 2.45) is 5.92 Å². The lowest BCUT2D eigenvalue weighted by Crippen LogP contribution is -2.10. The van der Waals surface area contributed by atoms with Gasteiger partial charge in [0.25, 0.3) is 0 Å². The second-order valence-electron chi connectivity index (χ2n) is 5.20. The quantitative estimate of drug-likeness (QED) is 0.270. The summed E-state index contributed by atoms with van der Waals surface area (Å²) in [5.74, 6) is 3.81. The molecule has 4 heteroatoms. The van der Waals surface area contributed by atoms with E-state index in [1.165, 1.54) is 19.3 Å². The van der Waals surface area contributed by atoms with Crippen molar-refractivity contribution in [1.82, 2.24) is 0 Å². The van der Waals surface area contributed by atoms with Gasteiger partial charge in [0.2, 0.25) is 0 Å². The highest BCUT2D eigenvalue weighted by atomic mass is 31.2. The third-order valence-electron chi connectivity index (χ3n) is 3.47. The van der Waals surface area contributed by atoms with E-state index < -0.39 is 7.60 Å². The SMILES string of the molecule is C=C(OP(=O)(C#CCCCC)OCC)C1CCCCC1. The average molecular weight is 298 g/mol. The minimum Gasteiger partial charge on any atom is -0.421 e. The number of hydrogen-bond donors (Lipinski definition) is 0. The molecule has 114 valence electrons. The van der Waals surface area contributed by atoms with Crippen LogP contribution in [0.4, 0.5) is 0 Å². The largest absolute Gasteiger partial charge is 0.456 e. The van der Waals surface area contributed by atoms with E-state index in [0.29, 0.717) is 18.3 Å². The van der Waals surface area contributed by atoms with Crippen LogP contribution in [0.25, 0.3) is 0 Å². The van der Waals surface area contributed by atoms with E-state index in [1.807, 2.05) is 0 Å². The van der Waals surface area contributed by atoms with E-state index in [9.17, 15) is 4.57 Å². The Morgan fingerprint density at radius 1 is 1.30 bits per heavy atom. The number of allylic oxidation sites excluding steroid dienone is 1. The third kappa shape index (κ3) is 6.16. The molecule has 1 aliphatic carbocycles. The molecule has 1 unspecified atom stereocenters. The lowest BCUT2D eigenvalue weighted by Gasteiger charge is -2.25. The average Bonchev–Trinajstić information content (AvgIpc) is 2.45. The van der Waals surface area contributed by atoms with Crippen LogP contribution in [0.3, 0.4) is 0 Å². The van der Waals surface area contributed by atoms with Crippen molar-refractivity contribution in [3.63, 3.8) is 0 Å². The van der Waals surface area contributed by atoms with Crippen LogP contribution in [0, 0.1) is 17.5 Å². The second-order valence-corrected chi connectivity index (χ2v) is 6.86. The molecule has 0 aliphatic heterocycles. The summed E-state index contributed by atoms with van der Waals surface area (Å²) in [7, 11) is -3.34. The van der Waals surface area contributed by atoms with Gasteiger partial charge >= 0.3 is 7.60 Å². The topological polar surface area (TPSA) is 35.5 Å². The van der Waals surface area contributed by atoms with Gasteiger partial charge in [0.15, 0.2) is 0 Å². The Morgan fingerprint density at radius 2 is 2.00 bits per heavy atom. The Hall–Kier alpha value is -0.710. The molecule has 1 atom stereocenters. The van der Waals surface area contributed by atoms with Gasteiger partial charge in [-0.15, -0.1) is 0 Å². The fraction of sp³-hybridized carbons (Fsp3) is 0.750. The zero-order valence-corrected chi connectivity index (χ0v) is 13.7. The van der Waals surface area contributed by atoms with E-state index in [2.05, 4.69) is 25.1 Å². The first-order valence-electron chi connectivity index (χ1n) is 7.74. The highest BCUT2D eigenvalue weighted by molar-refractivity contribution is 7.59. The first kappa shape index (κ1) is 17.3. The van der Waals surface area contributed by atoms with E-state index in [1.54, 1.807) is 6.92 Å². The summed E-state index contributed by atoms with van der Waals surface area (Å²) in [6, 6.07) is 0. The highest BCUT2D eigenvalue weighted by Gasteiger charge is 2.27. The summed E-state index contributed by atoms with van der Waals surface area (Å²) < 4.78 is 23.4. The van der Waals surface area contributed by atoms with Crippen molar-refractivity contribution in [2.75, 3.05) is 6.61 Å². The lowest BCUT2D eigenvalue weighted by molar-refractivity contribution is 0.228. The third-order valence-corrected chi connectivity index (χ3v) is 4.97. The number of rotatable bonds is 7. The normalized spacial score (nSPS) is 18.7. The van der Waals surface area contributed by atoms with Crippen LogP contribution in [0.15, 0.2) is 12.3 Å². The van der Waals surface area contributed by atoms with E-state index in [-0.39, 0.29) is 0 Å². The summed E-state index contributed by atoms with van der Waals surface area (Å²) in [6.07, 6.45) is 8.58. The van der Waals surface area contributed by atoms with Gasteiger partial charge in [0, 0.05) is 18.0 Å². The van der Waals surface area contributed by atoms with Gasteiger partial charge in [-0.1, -0.05) is 45.1 Å². The Morgan fingerprint density at radius 3 is 2.60 bits per heavy atom. The summed E-state index contributed by atoms with van der Waals surface area (Å²) in [4.78, 5) is 0. The predicted octanol–water partition coefficient (Wildman–Crippen LogP) is 5.48. The van der Waals surface area contributed by atoms with Crippen LogP contribution >= 0.6 is 7.60 Å². The maximum Gasteiger partial charge on any atom is 0.456 e.